The highest BCUT2D eigenvalue weighted by atomic mass is 14.2. The van der Waals surface area contributed by atoms with Crippen LogP contribution in [0.5, 0.6) is 0 Å². The summed E-state index contributed by atoms with van der Waals surface area (Å²) >= 11 is 0. The third kappa shape index (κ3) is 5.88. The molecule has 15 heavy (non-hydrogen) atoms. The topological polar surface area (TPSA) is 0 Å². The maximum Gasteiger partial charge on any atom is 0.0203 e. The maximum atomic E-state index is 3.49. The van der Waals surface area contributed by atoms with Gasteiger partial charge in [0.25, 0.3) is 0 Å². The standard InChI is InChI=1S/C15H26/c1-13(2)7-6-10-15-9-5-4-8-14(3)11-12-15/h13-15H,4-5,7-9,11-12H2,1-3H3. The zero-order valence-corrected chi connectivity index (χ0v) is 10.7. The Bertz CT molecular complexity index is 216. The van der Waals surface area contributed by atoms with Gasteiger partial charge < -0.3 is 0 Å². The SMILES string of the molecule is CC(C)CC#CC1CCCCC(C)CC1. The quantitative estimate of drug-likeness (QED) is 0.548. The van der Waals surface area contributed by atoms with E-state index in [9.17, 15) is 0 Å². The molecule has 2 atom stereocenters. The maximum absolute atomic E-state index is 3.49. The van der Waals surface area contributed by atoms with E-state index in [1.165, 1.54) is 38.5 Å². The number of hydrogen-bond donors (Lipinski definition) is 0. The van der Waals surface area contributed by atoms with Gasteiger partial charge in [0.15, 0.2) is 0 Å². The van der Waals surface area contributed by atoms with Crippen molar-refractivity contribution in [2.45, 2.75) is 65.7 Å². The van der Waals surface area contributed by atoms with Gasteiger partial charge in [0, 0.05) is 12.3 Å². The van der Waals surface area contributed by atoms with E-state index in [0.29, 0.717) is 5.92 Å². The van der Waals surface area contributed by atoms with Crippen molar-refractivity contribution in [2.75, 3.05) is 0 Å². The van der Waals surface area contributed by atoms with Gasteiger partial charge in [0.1, 0.15) is 0 Å². The molecular formula is C15H26. The van der Waals surface area contributed by atoms with Crippen LogP contribution in [0.4, 0.5) is 0 Å². The molecule has 0 aromatic carbocycles. The highest BCUT2D eigenvalue weighted by Crippen LogP contribution is 2.25. The van der Waals surface area contributed by atoms with Crippen LogP contribution in [0.3, 0.4) is 0 Å². The van der Waals surface area contributed by atoms with Crippen LogP contribution < -0.4 is 0 Å². The van der Waals surface area contributed by atoms with Gasteiger partial charge in [-0.1, -0.05) is 46.0 Å². The van der Waals surface area contributed by atoms with Crippen LogP contribution in [-0.2, 0) is 0 Å². The monoisotopic (exact) mass is 206 g/mol. The molecule has 0 heterocycles. The van der Waals surface area contributed by atoms with E-state index >= 15 is 0 Å². The highest BCUT2D eigenvalue weighted by molar-refractivity contribution is 5.04. The van der Waals surface area contributed by atoms with Crippen LogP contribution in [0.2, 0.25) is 0 Å². The Hall–Kier alpha value is -0.440. The lowest BCUT2D eigenvalue weighted by Gasteiger charge is -2.19. The summed E-state index contributed by atoms with van der Waals surface area (Å²) in [7, 11) is 0. The fourth-order valence-corrected chi connectivity index (χ4v) is 2.21. The Kier molecular flexibility index (Phi) is 5.84. The van der Waals surface area contributed by atoms with Crippen LogP contribution in [0.25, 0.3) is 0 Å². The molecule has 0 heteroatoms. The summed E-state index contributed by atoms with van der Waals surface area (Å²) in [5, 5.41) is 0. The third-order valence-corrected chi connectivity index (χ3v) is 3.32. The van der Waals surface area contributed by atoms with E-state index < -0.39 is 0 Å². The molecule has 0 nitrogen and oxygen atoms in total. The summed E-state index contributed by atoms with van der Waals surface area (Å²) in [6.07, 6.45) is 9.40. The average molecular weight is 206 g/mol. The Morgan fingerprint density at radius 1 is 1.07 bits per heavy atom. The molecule has 1 rings (SSSR count). The van der Waals surface area contributed by atoms with E-state index in [0.717, 1.165) is 18.3 Å². The van der Waals surface area contributed by atoms with E-state index in [1.807, 2.05) is 0 Å². The molecule has 1 aliphatic rings. The first-order valence-corrected chi connectivity index (χ1v) is 6.67. The molecule has 0 saturated heterocycles. The Morgan fingerprint density at radius 2 is 1.80 bits per heavy atom. The average Bonchev–Trinajstić information content (AvgIpc) is 2.15. The predicted octanol–water partition coefficient (Wildman–Crippen LogP) is 4.64. The predicted molar refractivity (Wildman–Crippen MR) is 67.6 cm³/mol. The minimum atomic E-state index is 0.700. The van der Waals surface area contributed by atoms with Crippen molar-refractivity contribution >= 4 is 0 Å². The summed E-state index contributed by atoms with van der Waals surface area (Å²) in [5.41, 5.74) is 0. The van der Waals surface area contributed by atoms with Crippen molar-refractivity contribution in [1.82, 2.24) is 0 Å². The Morgan fingerprint density at radius 3 is 2.53 bits per heavy atom. The summed E-state index contributed by atoms with van der Waals surface area (Å²) < 4.78 is 0. The van der Waals surface area contributed by atoms with Crippen molar-refractivity contribution < 1.29 is 0 Å². The van der Waals surface area contributed by atoms with Gasteiger partial charge in [-0.25, -0.2) is 0 Å². The van der Waals surface area contributed by atoms with Crippen LogP contribution in [-0.4, -0.2) is 0 Å². The van der Waals surface area contributed by atoms with Crippen LogP contribution >= 0.6 is 0 Å². The van der Waals surface area contributed by atoms with Crippen LogP contribution in [0.15, 0.2) is 0 Å². The first-order valence-electron chi connectivity index (χ1n) is 6.67. The van der Waals surface area contributed by atoms with Gasteiger partial charge in [-0.05, 0) is 31.1 Å². The van der Waals surface area contributed by atoms with Crippen LogP contribution in [0.1, 0.15) is 65.7 Å². The zero-order chi connectivity index (χ0) is 11.1. The van der Waals surface area contributed by atoms with E-state index in [4.69, 9.17) is 0 Å². The summed E-state index contributed by atoms with van der Waals surface area (Å²) in [6, 6.07) is 0. The second-order valence-corrected chi connectivity index (χ2v) is 5.58. The highest BCUT2D eigenvalue weighted by Gasteiger charge is 2.12. The van der Waals surface area contributed by atoms with E-state index in [2.05, 4.69) is 32.6 Å². The summed E-state index contributed by atoms with van der Waals surface area (Å²) in [6.45, 7) is 6.88. The van der Waals surface area contributed by atoms with Gasteiger partial charge >= 0.3 is 0 Å². The van der Waals surface area contributed by atoms with Crippen molar-refractivity contribution in [2.24, 2.45) is 17.8 Å². The fourth-order valence-electron chi connectivity index (χ4n) is 2.21. The molecule has 0 spiro atoms. The lowest BCUT2D eigenvalue weighted by atomic mass is 9.86. The van der Waals surface area contributed by atoms with Crippen molar-refractivity contribution in [1.29, 1.82) is 0 Å². The number of hydrogen-bond acceptors (Lipinski definition) is 0. The second kappa shape index (κ2) is 6.94. The smallest absolute Gasteiger partial charge is 0.0203 e. The van der Waals surface area contributed by atoms with Crippen molar-refractivity contribution in [3.05, 3.63) is 0 Å². The first-order chi connectivity index (χ1) is 7.18. The van der Waals surface area contributed by atoms with Crippen LogP contribution in [0, 0.1) is 29.6 Å². The van der Waals surface area contributed by atoms with E-state index in [1.54, 1.807) is 0 Å². The minimum absolute atomic E-state index is 0.700. The molecule has 2 unspecified atom stereocenters. The fraction of sp³-hybridized carbons (Fsp3) is 0.867. The molecule has 0 aromatic heterocycles. The molecule has 0 N–H and O–H groups in total. The largest absolute Gasteiger partial charge is 0.103 e. The van der Waals surface area contributed by atoms with Gasteiger partial charge in [0.2, 0.25) is 0 Å². The molecule has 1 fully saturated rings. The lowest BCUT2D eigenvalue weighted by Crippen LogP contribution is -2.06. The molecule has 0 aromatic rings. The van der Waals surface area contributed by atoms with Crippen molar-refractivity contribution in [3.8, 4) is 11.8 Å². The molecule has 1 aliphatic carbocycles. The summed E-state index contributed by atoms with van der Waals surface area (Å²) in [4.78, 5) is 0. The molecule has 0 radical (unpaired) electrons. The molecule has 86 valence electrons. The minimum Gasteiger partial charge on any atom is -0.103 e. The molecule has 1 saturated carbocycles. The van der Waals surface area contributed by atoms with Crippen molar-refractivity contribution in [3.63, 3.8) is 0 Å². The first kappa shape index (κ1) is 12.6. The second-order valence-electron chi connectivity index (χ2n) is 5.58. The van der Waals surface area contributed by atoms with Gasteiger partial charge in [-0.2, -0.15) is 0 Å². The number of rotatable bonds is 1. The summed E-state index contributed by atoms with van der Waals surface area (Å²) in [5.74, 6) is 9.22. The third-order valence-electron chi connectivity index (χ3n) is 3.32. The Labute approximate surface area is 95.8 Å². The molecule has 0 bridgehead atoms. The lowest BCUT2D eigenvalue weighted by molar-refractivity contribution is 0.368. The molecule has 0 amide bonds. The molecule has 0 aliphatic heterocycles. The van der Waals surface area contributed by atoms with Gasteiger partial charge in [0.05, 0.1) is 0 Å². The van der Waals surface area contributed by atoms with E-state index in [-0.39, 0.29) is 0 Å². The van der Waals surface area contributed by atoms with Gasteiger partial charge in [-0.15, -0.1) is 5.92 Å². The van der Waals surface area contributed by atoms with Gasteiger partial charge in [-0.3, -0.25) is 0 Å². The molecular weight excluding hydrogens is 180 g/mol. The zero-order valence-electron chi connectivity index (χ0n) is 10.7. The Balaban J connectivity index is 2.34. The normalized spacial score (nSPS) is 27.7.